The van der Waals surface area contributed by atoms with Crippen LogP contribution in [0.1, 0.15) is 56.3 Å². The van der Waals surface area contributed by atoms with Crippen LogP contribution < -0.4 is 4.74 Å². The second-order valence-electron chi connectivity index (χ2n) is 9.15. The topological polar surface area (TPSA) is 97.0 Å². The average molecular weight is 474 g/mol. The summed E-state index contributed by atoms with van der Waals surface area (Å²) in [6, 6.07) is 16.6. The van der Waals surface area contributed by atoms with Crippen molar-refractivity contribution in [2.24, 2.45) is 0 Å². The number of hydrogen-bond donors (Lipinski definition) is 2. The molecule has 2 aromatic carbocycles. The van der Waals surface area contributed by atoms with Gasteiger partial charge in [0.25, 0.3) is 0 Å². The molecule has 2 bridgehead atoms. The van der Waals surface area contributed by atoms with Crippen LogP contribution in [0.5, 0.6) is 11.5 Å². The molecular formula is C28H31N3O4. The first-order valence-electron chi connectivity index (χ1n) is 12.1. The number of fused-ring (bicyclic) bond motifs is 2. The van der Waals surface area contributed by atoms with E-state index in [1.54, 1.807) is 48.2 Å². The van der Waals surface area contributed by atoms with Crippen molar-refractivity contribution in [1.29, 1.82) is 5.26 Å². The molecule has 0 spiro atoms. The van der Waals surface area contributed by atoms with Gasteiger partial charge in [-0.3, -0.25) is 4.90 Å². The van der Waals surface area contributed by atoms with Gasteiger partial charge in [-0.1, -0.05) is 12.1 Å². The third-order valence-electron chi connectivity index (χ3n) is 7.09. The molecule has 0 radical (unpaired) electrons. The summed E-state index contributed by atoms with van der Waals surface area (Å²) in [5.74, 6) is 6.88. The van der Waals surface area contributed by atoms with Gasteiger partial charge in [-0.15, -0.1) is 11.8 Å². The maximum Gasteiger partial charge on any atom is 0.407 e. The molecule has 0 aromatic heterocycles. The van der Waals surface area contributed by atoms with Gasteiger partial charge >= 0.3 is 6.09 Å². The van der Waals surface area contributed by atoms with E-state index in [4.69, 9.17) is 10.00 Å². The zero-order valence-corrected chi connectivity index (χ0v) is 19.9. The Hall–Kier alpha value is -3.68. The van der Waals surface area contributed by atoms with Crippen LogP contribution in [0.2, 0.25) is 0 Å². The minimum atomic E-state index is -0.854. The number of rotatable bonds is 8. The van der Waals surface area contributed by atoms with Gasteiger partial charge in [-0.25, -0.2) is 4.79 Å². The Morgan fingerprint density at radius 2 is 1.91 bits per heavy atom. The third kappa shape index (κ3) is 5.70. The Balaban J connectivity index is 1.45. The van der Waals surface area contributed by atoms with Gasteiger partial charge in [0, 0.05) is 25.0 Å². The predicted molar refractivity (Wildman–Crippen MR) is 132 cm³/mol. The lowest BCUT2D eigenvalue weighted by molar-refractivity contribution is 0.0204. The number of nitrogens with zero attached hydrogens (tertiary/aromatic N) is 3. The molecule has 4 atom stereocenters. The first-order valence-corrected chi connectivity index (χ1v) is 12.1. The number of hydrogen-bond acceptors (Lipinski definition) is 5. The summed E-state index contributed by atoms with van der Waals surface area (Å²) in [6.45, 7) is 3.19. The lowest BCUT2D eigenvalue weighted by Gasteiger charge is -2.45. The molecule has 2 heterocycles. The Bertz CT molecular complexity index is 1110. The molecule has 4 rings (SSSR count). The number of ether oxygens (including phenoxy) is 1. The van der Waals surface area contributed by atoms with Crippen molar-refractivity contribution in [3.05, 3.63) is 59.7 Å². The van der Waals surface area contributed by atoms with Crippen LogP contribution in [-0.2, 0) is 0 Å². The average Bonchev–Trinajstić information content (AvgIpc) is 3.15. The summed E-state index contributed by atoms with van der Waals surface area (Å²) in [5, 5.41) is 28.5. The van der Waals surface area contributed by atoms with Crippen molar-refractivity contribution in [3.63, 3.8) is 0 Å². The SMILES string of the molecule is CC#CCC1C2CCC(CN1C(=O)O)N2CCCC(Oc1ccc(O)cc1)c1ccc(C#N)cc1. The van der Waals surface area contributed by atoms with Crippen molar-refractivity contribution in [2.75, 3.05) is 13.1 Å². The molecule has 0 aliphatic carbocycles. The van der Waals surface area contributed by atoms with E-state index in [0.29, 0.717) is 24.3 Å². The van der Waals surface area contributed by atoms with E-state index >= 15 is 0 Å². The van der Waals surface area contributed by atoms with Gasteiger partial charge in [0.1, 0.15) is 17.6 Å². The minimum Gasteiger partial charge on any atom is -0.508 e. The molecule has 35 heavy (non-hydrogen) atoms. The van der Waals surface area contributed by atoms with E-state index in [1.165, 1.54) is 0 Å². The molecule has 2 N–H and O–H groups in total. The van der Waals surface area contributed by atoms with E-state index in [9.17, 15) is 15.0 Å². The summed E-state index contributed by atoms with van der Waals surface area (Å²) in [7, 11) is 0. The highest BCUT2D eigenvalue weighted by molar-refractivity contribution is 5.66. The Morgan fingerprint density at radius 3 is 2.57 bits per heavy atom. The summed E-state index contributed by atoms with van der Waals surface area (Å²) in [6.07, 6.45) is 3.16. The van der Waals surface area contributed by atoms with Crippen LogP contribution >= 0.6 is 0 Å². The van der Waals surface area contributed by atoms with E-state index in [-0.39, 0.29) is 30.0 Å². The lowest BCUT2D eigenvalue weighted by Crippen LogP contribution is -2.60. The Kier molecular flexibility index (Phi) is 7.80. The quantitative estimate of drug-likeness (QED) is 0.536. The van der Waals surface area contributed by atoms with Crippen LogP contribution in [-0.4, -0.2) is 57.3 Å². The molecule has 1 amide bonds. The smallest absolute Gasteiger partial charge is 0.407 e. The number of phenols is 1. The second-order valence-corrected chi connectivity index (χ2v) is 9.15. The van der Waals surface area contributed by atoms with Crippen molar-refractivity contribution in [1.82, 2.24) is 9.80 Å². The molecule has 4 unspecified atom stereocenters. The Labute approximate surface area is 206 Å². The van der Waals surface area contributed by atoms with Crippen molar-refractivity contribution < 1.29 is 19.7 Å². The fourth-order valence-electron chi connectivity index (χ4n) is 5.38. The fourth-order valence-corrected chi connectivity index (χ4v) is 5.38. The molecule has 2 aliphatic rings. The summed E-state index contributed by atoms with van der Waals surface area (Å²) < 4.78 is 6.29. The molecule has 7 heteroatoms. The van der Waals surface area contributed by atoms with Crippen LogP contribution in [0.4, 0.5) is 4.79 Å². The highest BCUT2D eigenvalue weighted by Crippen LogP contribution is 2.36. The largest absolute Gasteiger partial charge is 0.508 e. The maximum atomic E-state index is 11.9. The number of likely N-dealkylation sites (tertiary alicyclic amines) is 1. The van der Waals surface area contributed by atoms with Crippen molar-refractivity contribution >= 4 is 6.09 Å². The highest BCUT2D eigenvalue weighted by atomic mass is 16.5. The summed E-state index contributed by atoms with van der Waals surface area (Å²) >= 11 is 0. The maximum absolute atomic E-state index is 11.9. The molecule has 2 aromatic rings. The van der Waals surface area contributed by atoms with Gasteiger partial charge in [-0.05, 0) is 81.1 Å². The van der Waals surface area contributed by atoms with Gasteiger partial charge in [0.2, 0.25) is 0 Å². The Morgan fingerprint density at radius 1 is 1.17 bits per heavy atom. The van der Waals surface area contributed by atoms with Gasteiger partial charge in [0.05, 0.1) is 17.7 Å². The summed E-state index contributed by atoms with van der Waals surface area (Å²) in [5.41, 5.74) is 1.60. The van der Waals surface area contributed by atoms with Crippen LogP contribution in [0.25, 0.3) is 0 Å². The zero-order chi connectivity index (χ0) is 24.8. The number of aromatic hydroxyl groups is 1. The standard InChI is InChI=1S/C28H31N3O4/c1-2-3-5-25-26-16-11-22(19-31(25)28(33)34)30(26)17-4-6-27(21-9-7-20(18-29)8-10-21)35-24-14-12-23(32)13-15-24/h7-10,12-15,22,25-27,32H,4-6,11,16-17,19H2,1H3,(H,33,34). The first kappa shape index (κ1) is 24.4. The fraction of sp³-hybridized carbons (Fsp3) is 0.429. The number of nitriles is 1. The van der Waals surface area contributed by atoms with Crippen LogP contribution in [0, 0.1) is 23.2 Å². The molecule has 7 nitrogen and oxygen atoms in total. The minimum absolute atomic E-state index is 0.0960. The molecule has 182 valence electrons. The third-order valence-corrected chi connectivity index (χ3v) is 7.09. The van der Waals surface area contributed by atoms with Crippen LogP contribution in [0.15, 0.2) is 48.5 Å². The van der Waals surface area contributed by atoms with Crippen molar-refractivity contribution in [3.8, 4) is 29.4 Å². The second kappa shape index (κ2) is 11.2. The number of benzene rings is 2. The number of carbonyl (C=O) groups is 1. The number of phenolic OH excluding ortho intramolecular Hbond substituents is 1. The first-order chi connectivity index (χ1) is 17.0. The molecular weight excluding hydrogens is 442 g/mol. The lowest BCUT2D eigenvalue weighted by atomic mass is 9.98. The summed E-state index contributed by atoms with van der Waals surface area (Å²) in [4.78, 5) is 15.9. The van der Waals surface area contributed by atoms with Gasteiger partial charge in [0.15, 0.2) is 0 Å². The van der Waals surface area contributed by atoms with Gasteiger partial charge < -0.3 is 19.8 Å². The zero-order valence-electron chi connectivity index (χ0n) is 19.9. The molecule has 2 fully saturated rings. The number of amides is 1. The van der Waals surface area contributed by atoms with E-state index in [2.05, 4.69) is 22.8 Å². The molecule has 2 saturated heterocycles. The normalized spacial score (nSPS) is 22.1. The predicted octanol–water partition coefficient (Wildman–Crippen LogP) is 4.77. The van der Waals surface area contributed by atoms with Crippen LogP contribution in [0.3, 0.4) is 0 Å². The monoisotopic (exact) mass is 473 g/mol. The van der Waals surface area contributed by atoms with Gasteiger partial charge in [-0.2, -0.15) is 5.26 Å². The number of piperazine rings is 1. The van der Waals surface area contributed by atoms with E-state index in [0.717, 1.165) is 37.8 Å². The molecule has 0 saturated carbocycles. The van der Waals surface area contributed by atoms with Crippen molar-refractivity contribution in [2.45, 2.75) is 63.3 Å². The molecule has 2 aliphatic heterocycles. The van der Waals surface area contributed by atoms with E-state index < -0.39 is 6.09 Å². The van der Waals surface area contributed by atoms with E-state index in [1.807, 2.05) is 12.1 Å². The highest BCUT2D eigenvalue weighted by Gasteiger charge is 2.47. The number of carboxylic acid groups (broad SMARTS) is 1.